The van der Waals surface area contributed by atoms with Crippen LogP contribution in [-0.2, 0) is 32.7 Å². The molecule has 1 aliphatic carbocycles. The van der Waals surface area contributed by atoms with E-state index in [-0.39, 0.29) is 40.8 Å². The minimum atomic E-state index is -2.26. The molecule has 0 heterocycles. The highest BCUT2D eigenvalue weighted by atomic mass is 28.4. The maximum absolute atomic E-state index is 13.7. The number of ether oxygens (including phenoxy) is 2. The lowest BCUT2D eigenvalue weighted by atomic mass is 9.92. The molecule has 45 heavy (non-hydrogen) atoms. The van der Waals surface area contributed by atoms with E-state index in [1.54, 1.807) is 6.08 Å². The van der Waals surface area contributed by atoms with Crippen LogP contribution < -0.4 is 0 Å². The van der Waals surface area contributed by atoms with E-state index in [4.69, 9.17) is 18.3 Å². The van der Waals surface area contributed by atoms with E-state index in [0.717, 1.165) is 19.3 Å². The molecule has 6 atom stereocenters. The topological polar surface area (TPSA) is 88.1 Å². The number of hydrogen-bond acceptors (Lipinski definition) is 7. The number of hydrogen-bond donors (Lipinski definition) is 0. The van der Waals surface area contributed by atoms with Crippen LogP contribution in [0.3, 0.4) is 0 Å². The van der Waals surface area contributed by atoms with Gasteiger partial charge in [0.15, 0.2) is 16.6 Å². The van der Waals surface area contributed by atoms with Crippen LogP contribution in [0.5, 0.6) is 0 Å². The van der Waals surface area contributed by atoms with Crippen LogP contribution in [0.2, 0.25) is 36.3 Å². The molecule has 1 unspecified atom stereocenters. The van der Waals surface area contributed by atoms with E-state index in [9.17, 15) is 14.4 Å². The SMILES string of the molecule is C=CC(CCCC(=O)OC)OC(=O)[C@H]1C(=O)C[C@@H](O[Si](C)(C)C(C)(C)C)[C@@H]1/C=C/[C@H](C[C@@H](C)CCCC)O[Si](C)(C)C(C)(C)C. The monoisotopic (exact) mass is 666 g/mol. The molecule has 0 aromatic carbocycles. The molecule has 260 valence electrons. The van der Waals surface area contributed by atoms with Crippen LogP contribution in [0, 0.1) is 17.8 Å². The number of Topliss-reactive ketones (excluding diaryl/α,β-unsaturated/α-hetero) is 1. The fraction of sp³-hybridized carbons (Fsp3) is 0.806. The van der Waals surface area contributed by atoms with E-state index in [1.807, 2.05) is 6.08 Å². The molecule has 1 rings (SSSR count). The van der Waals surface area contributed by atoms with Gasteiger partial charge in [-0.1, -0.05) is 99.5 Å². The van der Waals surface area contributed by atoms with E-state index in [0.29, 0.717) is 18.8 Å². The summed E-state index contributed by atoms with van der Waals surface area (Å²) in [6.07, 6.45) is 10.2. The Kier molecular flexibility index (Phi) is 16.2. The first kappa shape index (κ1) is 41.5. The molecule has 1 aliphatic rings. The van der Waals surface area contributed by atoms with Crippen molar-refractivity contribution in [3.8, 4) is 0 Å². The first-order valence-electron chi connectivity index (χ1n) is 17.1. The molecule has 0 spiro atoms. The highest BCUT2D eigenvalue weighted by molar-refractivity contribution is 6.74. The van der Waals surface area contributed by atoms with Crippen molar-refractivity contribution < 1.29 is 32.7 Å². The average Bonchev–Trinajstić information content (AvgIpc) is 3.21. The van der Waals surface area contributed by atoms with Gasteiger partial charge in [0.1, 0.15) is 17.8 Å². The molecule has 0 bridgehead atoms. The van der Waals surface area contributed by atoms with Crippen molar-refractivity contribution in [1.82, 2.24) is 0 Å². The quantitative estimate of drug-likeness (QED) is 0.0624. The van der Waals surface area contributed by atoms with Crippen LogP contribution in [0.1, 0.15) is 107 Å². The van der Waals surface area contributed by atoms with Gasteiger partial charge >= 0.3 is 11.9 Å². The highest BCUT2D eigenvalue weighted by Gasteiger charge is 2.51. The lowest BCUT2D eigenvalue weighted by Gasteiger charge is -2.40. The fourth-order valence-corrected chi connectivity index (χ4v) is 7.76. The average molecular weight is 667 g/mol. The second-order valence-electron chi connectivity index (χ2n) is 16.1. The molecule has 0 aromatic heterocycles. The van der Waals surface area contributed by atoms with Gasteiger partial charge in [-0.25, -0.2) is 0 Å². The second-order valence-corrected chi connectivity index (χ2v) is 25.6. The second kappa shape index (κ2) is 17.6. The first-order chi connectivity index (χ1) is 20.6. The molecule has 9 heteroatoms. The smallest absolute Gasteiger partial charge is 0.317 e. The van der Waals surface area contributed by atoms with Crippen LogP contribution in [0.4, 0.5) is 0 Å². The predicted molar refractivity (Wildman–Crippen MR) is 189 cm³/mol. The predicted octanol–water partition coefficient (Wildman–Crippen LogP) is 9.19. The molecule has 7 nitrogen and oxygen atoms in total. The Morgan fingerprint density at radius 3 is 2.09 bits per heavy atom. The lowest BCUT2D eigenvalue weighted by molar-refractivity contribution is -0.155. The van der Waals surface area contributed by atoms with Crippen molar-refractivity contribution in [3.63, 3.8) is 0 Å². The number of carbonyl (C=O) groups excluding carboxylic acids is 3. The van der Waals surface area contributed by atoms with Gasteiger partial charge in [-0.2, -0.15) is 0 Å². The van der Waals surface area contributed by atoms with Crippen molar-refractivity contribution >= 4 is 34.4 Å². The highest BCUT2D eigenvalue weighted by Crippen LogP contribution is 2.43. The van der Waals surface area contributed by atoms with Crippen molar-refractivity contribution in [1.29, 1.82) is 0 Å². The van der Waals surface area contributed by atoms with E-state index in [2.05, 4.69) is 94.2 Å². The summed E-state index contributed by atoms with van der Waals surface area (Å²) in [6.45, 7) is 30.5. The van der Waals surface area contributed by atoms with Crippen LogP contribution in [-0.4, -0.2) is 59.8 Å². The molecule has 0 saturated heterocycles. The summed E-state index contributed by atoms with van der Waals surface area (Å²) < 4.78 is 24.4. The number of esters is 2. The van der Waals surface area contributed by atoms with Crippen molar-refractivity contribution in [2.45, 2.75) is 161 Å². The molecule has 1 saturated carbocycles. The van der Waals surface area contributed by atoms with Gasteiger partial charge in [-0.05, 0) is 61.4 Å². The Labute approximate surface area is 277 Å². The standard InChI is InChI=1S/C36H66O7Si2/c1-15-17-19-26(3)24-28(42-44(11,12)35(4,5)6)22-23-29-31(43-45(13,14)36(7,8)9)25-30(37)33(29)34(39)41-27(16-2)20-18-21-32(38)40-10/h16,22-23,26-29,31,33H,2,15,17-21,24-25H2,1,3-14H3/b23-22+/t26-,27?,28+,29-,31+,33+/m0/s1. The van der Waals surface area contributed by atoms with Gasteiger partial charge in [0, 0.05) is 18.8 Å². The van der Waals surface area contributed by atoms with Gasteiger partial charge in [-0.15, -0.1) is 0 Å². The van der Waals surface area contributed by atoms with Crippen molar-refractivity contribution in [2.24, 2.45) is 17.8 Å². The van der Waals surface area contributed by atoms with E-state index >= 15 is 0 Å². The minimum absolute atomic E-state index is 0.0446. The molecular weight excluding hydrogens is 601 g/mol. The molecule has 0 N–H and O–H groups in total. The Hall–Kier alpha value is -1.56. The number of unbranched alkanes of at least 4 members (excludes halogenated alkanes) is 1. The minimum Gasteiger partial charge on any atom is -0.469 e. The Morgan fingerprint density at radius 2 is 1.58 bits per heavy atom. The zero-order chi connectivity index (χ0) is 34.8. The third-order valence-electron chi connectivity index (χ3n) is 10.2. The van der Waals surface area contributed by atoms with Crippen molar-refractivity contribution in [2.75, 3.05) is 7.11 Å². The normalized spacial score (nSPS) is 21.9. The summed E-state index contributed by atoms with van der Waals surface area (Å²) in [5.41, 5.74) is 0. The third-order valence-corrected chi connectivity index (χ3v) is 19.2. The summed E-state index contributed by atoms with van der Waals surface area (Å²) in [5.74, 6) is -1.98. The molecule has 0 radical (unpaired) electrons. The maximum Gasteiger partial charge on any atom is 0.317 e. The van der Waals surface area contributed by atoms with Gasteiger partial charge in [-0.3, -0.25) is 14.4 Å². The van der Waals surface area contributed by atoms with E-state index in [1.165, 1.54) is 13.5 Å². The zero-order valence-electron chi connectivity index (χ0n) is 30.9. The number of ketones is 1. The van der Waals surface area contributed by atoms with E-state index < -0.39 is 46.6 Å². The Morgan fingerprint density at radius 1 is 0.978 bits per heavy atom. The van der Waals surface area contributed by atoms with Gasteiger partial charge < -0.3 is 18.3 Å². The molecule has 1 fully saturated rings. The van der Waals surface area contributed by atoms with Gasteiger partial charge in [0.25, 0.3) is 0 Å². The number of rotatable bonds is 18. The Bertz CT molecular complexity index is 1010. The lowest BCUT2D eigenvalue weighted by Crippen LogP contribution is -2.45. The zero-order valence-corrected chi connectivity index (χ0v) is 32.9. The largest absolute Gasteiger partial charge is 0.469 e. The summed E-state index contributed by atoms with van der Waals surface area (Å²) in [4.78, 5) is 38.9. The van der Waals surface area contributed by atoms with Crippen molar-refractivity contribution in [3.05, 3.63) is 24.8 Å². The summed E-state index contributed by atoms with van der Waals surface area (Å²) in [5, 5.41) is -0.0118. The van der Waals surface area contributed by atoms with Gasteiger partial charge in [0.05, 0.1) is 19.3 Å². The summed E-state index contributed by atoms with van der Waals surface area (Å²) >= 11 is 0. The summed E-state index contributed by atoms with van der Waals surface area (Å²) in [7, 11) is -3.01. The van der Waals surface area contributed by atoms with Crippen LogP contribution in [0.15, 0.2) is 24.8 Å². The third kappa shape index (κ3) is 12.9. The Balaban J connectivity index is 3.45. The fourth-order valence-electron chi connectivity index (χ4n) is 5.13. The summed E-state index contributed by atoms with van der Waals surface area (Å²) in [6, 6.07) is 0. The number of methoxy groups -OCH3 is 1. The molecule has 0 amide bonds. The van der Waals surface area contributed by atoms with Crippen LogP contribution >= 0.6 is 0 Å². The number of carbonyl (C=O) groups is 3. The molecular formula is C36H66O7Si2. The van der Waals surface area contributed by atoms with Crippen LogP contribution in [0.25, 0.3) is 0 Å². The molecule has 0 aromatic rings. The van der Waals surface area contributed by atoms with Gasteiger partial charge in [0.2, 0.25) is 0 Å². The maximum atomic E-state index is 13.7. The molecule has 0 aliphatic heterocycles. The first-order valence-corrected chi connectivity index (χ1v) is 22.9.